The molecule has 1 aliphatic heterocycles. The highest BCUT2D eigenvalue weighted by atomic mass is 16.4. The van der Waals surface area contributed by atoms with Crippen molar-refractivity contribution in [2.45, 2.75) is 57.5 Å². The maximum atomic E-state index is 11.9. The molecule has 3 N–H and O–H groups in total. The molecule has 0 spiro atoms. The molecule has 1 unspecified atom stereocenters. The van der Waals surface area contributed by atoms with Gasteiger partial charge in [-0.05, 0) is 52.1 Å². The highest BCUT2D eigenvalue weighted by Crippen LogP contribution is 2.25. The van der Waals surface area contributed by atoms with Gasteiger partial charge in [-0.25, -0.2) is 4.79 Å². The third-order valence-corrected chi connectivity index (χ3v) is 4.48. The summed E-state index contributed by atoms with van der Waals surface area (Å²) < 4.78 is 0. The van der Waals surface area contributed by atoms with Crippen LogP contribution in [0.1, 0.15) is 45.4 Å². The summed E-state index contributed by atoms with van der Waals surface area (Å²) in [7, 11) is 0. The van der Waals surface area contributed by atoms with E-state index in [-0.39, 0.29) is 24.0 Å². The molecule has 6 nitrogen and oxygen atoms in total. The highest BCUT2D eigenvalue weighted by molar-refractivity contribution is 5.75. The lowest BCUT2D eigenvalue weighted by molar-refractivity contribution is -0.141. The zero-order chi connectivity index (χ0) is 15.2. The second-order valence-electron chi connectivity index (χ2n) is 6.43. The Kier molecular flexibility index (Phi) is 5.85. The zero-order valence-electron chi connectivity index (χ0n) is 12.8. The predicted octanol–water partition coefficient (Wildman–Crippen LogP) is 1.41. The number of rotatable bonds is 5. The summed E-state index contributed by atoms with van der Waals surface area (Å²) in [5.41, 5.74) is 0. The molecule has 6 heteroatoms. The van der Waals surface area contributed by atoms with E-state index in [1.54, 1.807) is 0 Å². The van der Waals surface area contributed by atoms with Crippen LogP contribution in [-0.2, 0) is 4.79 Å². The molecular formula is C15H27N3O3. The van der Waals surface area contributed by atoms with Crippen molar-refractivity contribution >= 4 is 12.0 Å². The number of hydrogen-bond donors (Lipinski definition) is 3. The van der Waals surface area contributed by atoms with Crippen molar-refractivity contribution in [2.75, 3.05) is 19.6 Å². The van der Waals surface area contributed by atoms with Crippen LogP contribution in [0.15, 0.2) is 0 Å². The Labute approximate surface area is 126 Å². The number of piperidine rings is 1. The molecule has 2 amide bonds. The SMILES string of the molecule is CC(CN1CCCCC1)NC(=O)N[C@H]1CC[C@@H](C(=O)O)C1. The fraction of sp³-hybridized carbons (Fsp3) is 0.867. The van der Waals surface area contributed by atoms with E-state index in [0.29, 0.717) is 12.8 Å². The molecule has 1 aliphatic carbocycles. The molecule has 120 valence electrons. The molecule has 2 fully saturated rings. The minimum absolute atomic E-state index is 0.00622. The highest BCUT2D eigenvalue weighted by Gasteiger charge is 2.30. The summed E-state index contributed by atoms with van der Waals surface area (Å²) in [5, 5.41) is 14.8. The summed E-state index contributed by atoms with van der Waals surface area (Å²) in [4.78, 5) is 25.2. The van der Waals surface area contributed by atoms with Crippen LogP contribution in [0.3, 0.4) is 0 Å². The number of carboxylic acid groups (broad SMARTS) is 1. The van der Waals surface area contributed by atoms with Gasteiger partial charge in [0.15, 0.2) is 0 Å². The molecule has 0 radical (unpaired) electrons. The molecule has 2 rings (SSSR count). The second-order valence-corrected chi connectivity index (χ2v) is 6.43. The first-order valence-electron chi connectivity index (χ1n) is 8.07. The van der Waals surface area contributed by atoms with Gasteiger partial charge < -0.3 is 20.6 Å². The standard InChI is InChI=1S/C15H27N3O3/c1-11(10-18-7-3-2-4-8-18)16-15(21)17-13-6-5-12(9-13)14(19)20/h11-13H,2-10H2,1H3,(H,19,20)(H2,16,17,21)/t11?,12-,13+/m1/s1. The molecular weight excluding hydrogens is 270 g/mol. The molecule has 0 aromatic rings. The first kappa shape index (κ1) is 16.1. The van der Waals surface area contributed by atoms with Crippen LogP contribution in [-0.4, -0.2) is 53.7 Å². The maximum absolute atomic E-state index is 11.9. The van der Waals surface area contributed by atoms with Crippen LogP contribution < -0.4 is 10.6 Å². The number of aliphatic carboxylic acids is 1. The van der Waals surface area contributed by atoms with Gasteiger partial charge in [0.25, 0.3) is 0 Å². The molecule has 1 saturated heterocycles. The van der Waals surface area contributed by atoms with Crippen molar-refractivity contribution in [1.29, 1.82) is 0 Å². The lowest BCUT2D eigenvalue weighted by atomic mass is 10.1. The fourth-order valence-corrected chi connectivity index (χ4v) is 3.36. The Morgan fingerprint density at radius 1 is 1.24 bits per heavy atom. The Hall–Kier alpha value is -1.30. The Morgan fingerprint density at radius 2 is 1.95 bits per heavy atom. The van der Waals surface area contributed by atoms with Gasteiger partial charge in [-0.15, -0.1) is 0 Å². The van der Waals surface area contributed by atoms with Crippen molar-refractivity contribution in [3.8, 4) is 0 Å². The summed E-state index contributed by atoms with van der Waals surface area (Å²) in [5.74, 6) is -1.06. The minimum atomic E-state index is -0.752. The Bertz CT molecular complexity index is 369. The Balaban J connectivity index is 1.65. The maximum Gasteiger partial charge on any atom is 0.315 e. The number of nitrogens with one attached hydrogen (secondary N) is 2. The van der Waals surface area contributed by atoms with Crippen molar-refractivity contribution in [2.24, 2.45) is 5.92 Å². The van der Waals surface area contributed by atoms with Crippen LogP contribution in [0.2, 0.25) is 0 Å². The van der Waals surface area contributed by atoms with Gasteiger partial charge in [0, 0.05) is 18.6 Å². The monoisotopic (exact) mass is 297 g/mol. The fourth-order valence-electron chi connectivity index (χ4n) is 3.36. The molecule has 1 heterocycles. The second kappa shape index (κ2) is 7.64. The molecule has 21 heavy (non-hydrogen) atoms. The van der Waals surface area contributed by atoms with E-state index < -0.39 is 5.97 Å². The number of carbonyl (C=O) groups is 2. The molecule has 3 atom stereocenters. The van der Waals surface area contributed by atoms with Crippen LogP contribution >= 0.6 is 0 Å². The van der Waals surface area contributed by atoms with E-state index >= 15 is 0 Å². The van der Waals surface area contributed by atoms with Gasteiger partial charge >= 0.3 is 12.0 Å². The number of amides is 2. The smallest absolute Gasteiger partial charge is 0.315 e. The van der Waals surface area contributed by atoms with Crippen LogP contribution in [0.5, 0.6) is 0 Å². The van der Waals surface area contributed by atoms with Gasteiger partial charge in [0.05, 0.1) is 5.92 Å². The number of hydrogen-bond acceptors (Lipinski definition) is 3. The van der Waals surface area contributed by atoms with E-state index in [1.165, 1.54) is 19.3 Å². The van der Waals surface area contributed by atoms with Crippen molar-refractivity contribution in [3.05, 3.63) is 0 Å². The summed E-state index contributed by atoms with van der Waals surface area (Å²) >= 11 is 0. The van der Waals surface area contributed by atoms with Crippen molar-refractivity contribution in [1.82, 2.24) is 15.5 Å². The molecule has 0 aromatic carbocycles. The van der Waals surface area contributed by atoms with Gasteiger partial charge in [-0.3, -0.25) is 4.79 Å². The van der Waals surface area contributed by atoms with Gasteiger partial charge in [0.1, 0.15) is 0 Å². The number of carbonyl (C=O) groups excluding carboxylic acids is 1. The summed E-state index contributed by atoms with van der Waals surface area (Å²) in [6, 6.07) is -0.0661. The normalized spacial score (nSPS) is 28.0. The van der Waals surface area contributed by atoms with E-state index in [4.69, 9.17) is 5.11 Å². The molecule has 0 bridgehead atoms. The van der Waals surface area contributed by atoms with Crippen LogP contribution in [0.4, 0.5) is 4.79 Å². The number of nitrogens with zero attached hydrogens (tertiary/aromatic N) is 1. The largest absolute Gasteiger partial charge is 0.481 e. The molecule has 0 aromatic heterocycles. The number of likely N-dealkylation sites (tertiary alicyclic amines) is 1. The summed E-state index contributed by atoms with van der Waals surface area (Å²) in [6.07, 6.45) is 5.76. The average molecular weight is 297 g/mol. The zero-order valence-corrected chi connectivity index (χ0v) is 12.8. The lowest BCUT2D eigenvalue weighted by Gasteiger charge is -2.29. The van der Waals surface area contributed by atoms with Crippen molar-refractivity contribution in [3.63, 3.8) is 0 Å². The van der Waals surface area contributed by atoms with Crippen LogP contribution in [0, 0.1) is 5.92 Å². The first-order valence-corrected chi connectivity index (χ1v) is 8.07. The topological polar surface area (TPSA) is 81.7 Å². The van der Waals surface area contributed by atoms with Crippen molar-refractivity contribution < 1.29 is 14.7 Å². The third-order valence-electron chi connectivity index (χ3n) is 4.48. The van der Waals surface area contributed by atoms with Gasteiger partial charge in [0.2, 0.25) is 0 Å². The van der Waals surface area contributed by atoms with Crippen LogP contribution in [0.25, 0.3) is 0 Å². The molecule has 2 aliphatic rings. The van der Waals surface area contributed by atoms with Gasteiger partial charge in [-0.2, -0.15) is 0 Å². The van der Waals surface area contributed by atoms with E-state index in [9.17, 15) is 9.59 Å². The van der Waals surface area contributed by atoms with E-state index in [1.807, 2.05) is 6.92 Å². The average Bonchev–Trinajstić information content (AvgIpc) is 2.88. The first-order chi connectivity index (χ1) is 10.0. The predicted molar refractivity (Wildman–Crippen MR) is 80.2 cm³/mol. The van der Waals surface area contributed by atoms with Gasteiger partial charge in [-0.1, -0.05) is 6.42 Å². The number of carboxylic acids is 1. The third kappa shape index (κ3) is 5.19. The molecule has 1 saturated carbocycles. The quantitative estimate of drug-likeness (QED) is 0.716. The Morgan fingerprint density at radius 3 is 2.57 bits per heavy atom. The number of urea groups is 1. The summed E-state index contributed by atoms with van der Waals surface area (Å²) in [6.45, 7) is 5.14. The minimum Gasteiger partial charge on any atom is -0.481 e. The van der Waals surface area contributed by atoms with E-state index in [2.05, 4.69) is 15.5 Å². The lowest BCUT2D eigenvalue weighted by Crippen LogP contribution is -2.49. The van der Waals surface area contributed by atoms with E-state index in [0.717, 1.165) is 26.1 Å².